The van der Waals surface area contributed by atoms with E-state index in [1.54, 1.807) is 24.4 Å². The van der Waals surface area contributed by atoms with E-state index in [9.17, 15) is 4.79 Å². The van der Waals surface area contributed by atoms with Crippen LogP contribution >= 0.6 is 0 Å². The van der Waals surface area contributed by atoms with Gasteiger partial charge in [0.2, 0.25) is 0 Å². The predicted octanol–water partition coefficient (Wildman–Crippen LogP) is 2.06. The molecule has 0 saturated carbocycles. The topological polar surface area (TPSA) is 83.5 Å². The van der Waals surface area contributed by atoms with Crippen molar-refractivity contribution in [2.75, 3.05) is 37.0 Å². The van der Waals surface area contributed by atoms with Crippen molar-refractivity contribution in [3.63, 3.8) is 0 Å². The summed E-state index contributed by atoms with van der Waals surface area (Å²) in [5.41, 5.74) is 2.30. The van der Waals surface area contributed by atoms with Crippen molar-refractivity contribution < 1.29 is 14.6 Å². The van der Waals surface area contributed by atoms with Crippen LogP contribution in [-0.4, -0.2) is 42.4 Å². The van der Waals surface area contributed by atoms with Gasteiger partial charge in [0.15, 0.2) is 0 Å². The van der Waals surface area contributed by atoms with Crippen LogP contribution in [0.15, 0.2) is 42.6 Å². The van der Waals surface area contributed by atoms with Gasteiger partial charge in [0, 0.05) is 12.1 Å². The molecule has 2 rings (SSSR count). The third-order valence-electron chi connectivity index (χ3n) is 3.09. The molecule has 0 bridgehead atoms. The highest BCUT2D eigenvalue weighted by Gasteiger charge is 2.06. The Morgan fingerprint density at radius 1 is 1.26 bits per heavy atom. The summed E-state index contributed by atoms with van der Waals surface area (Å²) in [6.07, 6.45) is 1.60. The second-order valence-electron chi connectivity index (χ2n) is 5.02. The number of hydrogen-bond donors (Lipinski definition) is 3. The number of aliphatic hydroxyl groups excluding tert-OH is 1. The SMILES string of the molecule is Cc1cccc(C(=O)Nc2ccc(NCCOCCO)nc2)c1. The van der Waals surface area contributed by atoms with Crippen LogP contribution in [0.2, 0.25) is 0 Å². The molecule has 3 N–H and O–H groups in total. The Balaban J connectivity index is 1.83. The fraction of sp³-hybridized carbons (Fsp3) is 0.294. The lowest BCUT2D eigenvalue weighted by Gasteiger charge is -2.08. The van der Waals surface area contributed by atoms with E-state index in [1.807, 2.05) is 25.1 Å². The summed E-state index contributed by atoms with van der Waals surface area (Å²) in [4.78, 5) is 16.4. The van der Waals surface area contributed by atoms with Crippen molar-refractivity contribution in [1.82, 2.24) is 4.98 Å². The molecule has 0 aliphatic heterocycles. The van der Waals surface area contributed by atoms with Crippen LogP contribution in [0.1, 0.15) is 15.9 Å². The Hall–Kier alpha value is -2.44. The smallest absolute Gasteiger partial charge is 0.255 e. The van der Waals surface area contributed by atoms with Crippen LogP contribution in [0.3, 0.4) is 0 Å². The van der Waals surface area contributed by atoms with Crippen LogP contribution in [0.4, 0.5) is 11.5 Å². The molecule has 0 aliphatic rings. The van der Waals surface area contributed by atoms with Gasteiger partial charge in [-0.05, 0) is 31.2 Å². The number of aryl methyl sites for hydroxylation is 1. The molecule has 1 aromatic heterocycles. The maximum absolute atomic E-state index is 12.1. The highest BCUT2D eigenvalue weighted by molar-refractivity contribution is 6.04. The van der Waals surface area contributed by atoms with Gasteiger partial charge < -0.3 is 20.5 Å². The zero-order chi connectivity index (χ0) is 16.5. The molecule has 122 valence electrons. The monoisotopic (exact) mass is 315 g/mol. The highest BCUT2D eigenvalue weighted by atomic mass is 16.5. The lowest BCUT2D eigenvalue weighted by Crippen LogP contribution is -2.13. The number of benzene rings is 1. The third-order valence-corrected chi connectivity index (χ3v) is 3.09. The number of nitrogens with zero attached hydrogens (tertiary/aromatic N) is 1. The normalized spacial score (nSPS) is 10.3. The van der Waals surface area contributed by atoms with Gasteiger partial charge in [-0.25, -0.2) is 4.98 Å². The molecule has 1 aromatic carbocycles. The number of pyridine rings is 1. The summed E-state index contributed by atoms with van der Waals surface area (Å²) in [5, 5.41) is 14.5. The molecule has 0 fully saturated rings. The molecule has 1 amide bonds. The van der Waals surface area contributed by atoms with Gasteiger partial charge in [0.05, 0.1) is 31.7 Å². The molecule has 0 saturated heterocycles. The number of rotatable bonds is 8. The van der Waals surface area contributed by atoms with Crippen molar-refractivity contribution in [3.8, 4) is 0 Å². The first-order chi connectivity index (χ1) is 11.2. The molecule has 6 nitrogen and oxygen atoms in total. The average molecular weight is 315 g/mol. The Morgan fingerprint density at radius 3 is 2.83 bits per heavy atom. The zero-order valence-corrected chi connectivity index (χ0v) is 13.1. The van der Waals surface area contributed by atoms with E-state index in [-0.39, 0.29) is 12.5 Å². The Morgan fingerprint density at radius 2 is 2.13 bits per heavy atom. The molecule has 0 radical (unpaired) electrons. The summed E-state index contributed by atoms with van der Waals surface area (Å²) >= 11 is 0. The average Bonchev–Trinajstić information content (AvgIpc) is 2.56. The zero-order valence-electron chi connectivity index (χ0n) is 13.1. The second kappa shape index (κ2) is 8.87. The molecular weight excluding hydrogens is 294 g/mol. The van der Waals surface area contributed by atoms with Gasteiger partial charge >= 0.3 is 0 Å². The molecule has 0 aliphatic carbocycles. The van der Waals surface area contributed by atoms with E-state index in [0.717, 1.165) is 5.56 Å². The van der Waals surface area contributed by atoms with Crippen molar-refractivity contribution in [2.24, 2.45) is 0 Å². The van der Waals surface area contributed by atoms with E-state index in [1.165, 1.54) is 0 Å². The highest BCUT2D eigenvalue weighted by Crippen LogP contribution is 2.12. The Bertz CT molecular complexity index is 629. The summed E-state index contributed by atoms with van der Waals surface area (Å²) in [7, 11) is 0. The molecule has 0 atom stereocenters. The molecule has 23 heavy (non-hydrogen) atoms. The number of carbonyl (C=O) groups excluding carboxylic acids is 1. The molecule has 6 heteroatoms. The number of aliphatic hydroxyl groups is 1. The summed E-state index contributed by atoms with van der Waals surface area (Å²) in [6.45, 7) is 3.39. The number of ether oxygens (including phenoxy) is 1. The summed E-state index contributed by atoms with van der Waals surface area (Å²) in [5.74, 6) is 0.541. The molecular formula is C17H21N3O3. The van der Waals surface area contributed by atoms with E-state index < -0.39 is 0 Å². The first kappa shape index (κ1) is 16.9. The molecule has 2 aromatic rings. The summed E-state index contributed by atoms with van der Waals surface area (Å²) in [6, 6.07) is 11.0. The van der Waals surface area contributed by atoms with Gasteiger partial charge in [0.25, 0.3) is 5.91 Å². The Labute approximate surface area is 135 Å². The summed E-state index contributed by atoms with van der Waals surface area (Å²) < 4.78 is 5.14. The van der Waals surface area contributed by atoms with Gasteiger partial charge in [-0.3, -0.25) is 4.79 Å². The molecule has 0 spiro atoms. The largest absolute Gasteiger partial charge is 0.394 e. The fourth-order valence-corrected chi connectivity index (χ4v) is 1.98. The standard InChI is InChI=1S/C17H21N3O3/c1-13-3-2-4-14(11-13)17(22)20-15-5-6-16(19-12-15)18-7-9-23-10-8-21/h2-6,11-12,21H,7-10H2,1H3,(H,18,19)(H,20,22). The third kappa shape index (κ3) is 5.69. The van der Waals surface area contributed by atoms with Gasteiger partial charge in [0.1, 0.15) is 5.82 Å². The fourth-order valence-electron chi connectivity index (χ4n) is 1.98. The minimum absolute atomic E-state index is 0.0214. The first-order valence-electron chi connectivity index (χ1n) is 7.45. The van der Waals surface area contributed by atoms with Crippen LogP contribution in [-0.2, 0) is 4.74 Å². The number of carbonyl (C=O) groups is 1. The molecule has 1 heterocycles. The predicted molar refractivity (Wildman–Crippen MR) is 89.8 cm³/mol. The number of nitrogens with one attached hydrogen (secondary N) is 2. The van der Waals surface area contributed by atoms with E-state index in [0.29, 0.717) is 36.8 Å². The van der Waals surface area contributed by atoms with Crippen molar-refractivity contribution in [3.05, 3.63) is 53.7 Å². The lowest BCUT2D eigenvalue weighted by molar-refractivity contribution is 0.0992. The quantitative estimate of drug-likeness (QED) is 0.650. The van der Waals surface area contributed by atoms with Crippen molar-refractivity contribution >= 4 is 17.4 Å². The first-order valence-corrected chi connectivity index (χ1v) is 7.45. The van der Waals surface area contributed by atoms with Crippen LogP contribution in [0.25, 0.3) is 0 Å². The Kier molecular flexibility index (Phi) is 6.53. The van der Waals surface area contributed by atoms with Crippen LogP contribution in [0.5, 0.6) is 0 Å². The number of aromatic nitrogens is 1. The number of anilines is 2. The van der Waals surface area contributed by atoms with E-state index in [2.05, 4.69) is 15.6 Å². The van der Waals surface area contributed by atoms with Gasteiger partial charge in [-0.2, -0.15) is 0 Å². The minimum atomic E-state index is -0.159. The van der Waals surface area contributed by atoms with E-state index >= 15 is 0 Å². The van der Waals surface area contributed by atoms with Gasteiger partial charge in [-0.15, -0.1) is 0 Å². The lowest BCUT2D eigenvalue weighted by atomic mass is 10.1. The second-order valence-corrected chi connectivity index (χ2v) is 5.02. The minimum Gasteiger partial charge on any atom is -0.394 e. The maximum atomic E-state index is 12.1. The number of hydrogen-bond acceptors (Lipinski definition) is 5. The van der Waals surface area contributed by atoms with Crippen molar-refractivity contribution in [2.45, 2.75) is 6.92 Å². The molecule has 0 unspecified atom stereocenters. The number of amides is 1. The van der Waals surface area contributed by atoms with Crippen molar-refractivity contribution in [1.29, 1.82) is 0 Å². The van der Waals surface area contributed by atoms with Crippen LogP contribution in [0, 0.1) is 6.92 Å². The van der Waals surface area contributed by atoms with Crippen LogP contribution < -0.4 is 10.6 Å². The van der Waals surface area contributed by atoms with Gasteiger partial charge in [-0.1, -0.05) is 17.7 Å². The van der Waals surface area contributed by atoms with E-state index in [4.69, 9.17) is 9.84 Å². The maximum Gasteiger partial charge on any atom is 0.255 e.